The molecule has 1 aliphatic heterocycles. The summed E-state index contributed by atoms with van der Waals surface area (Å²) in [7, 11) is 0. The summed E-state index contributed by atoms with van der Waals surface area (Å²) in [6.07, 6.45) is 2.20. The lowest BCUT2D eigenvalue weighted by molar-refractivity contribution is -0.144. The van der Waals surface area contributed by atoms with Crippen molar-refractivity contribution >= 4 is 11.9 Å². The minimum Gasteiger partial charge on any atom is -0.481 e. The van der Waals surface area contributed by atoms with Crippen LogP contribution in [-0.2, 0) is 4.79 Å². The van der Waals surface area contributed by atoms with E-state index in [4.69, 9.17) is 9.63 Å². The smallest absolute Gasteiger partial charge is 0.306 e. The highest BCUT2D eigenvalue weighted by molar-refractivity contribution is 5.93. The molecular weight excluding hydrogens is 248 g/mol. The molecule has 0 spiro atoms. The molecule has 0 aromatic carbocycles. The van der Waals surface area contributed by atoms with Crippen LogP contribution in [0.4, 0.5) is 0 Å². The Labute approximate surface area is 110 Å². The van der Waals surface area contributed by atoms with E-state index in [2.05, 4.69) is 5.16 Å². The van der Waals surface area contributed by atoms with Crippen LogP contribution >= 0.6 is 0 Å². The van der Waals surface area contributed by atoms with Crippen molar-refractivity contribution < 1.29 is 19.2 Å². The number of carboxylic acids is 1. The molecule has 1 N–H and O–H groups in total. The topological polar surface area (TPSA) is 83.6 Å². The number of hydrogen-bond donors (Lipinski definition) is 1. The molecule has 2 fully saturated rings. The first-order valence-corrected chi connectivity index (χ1v) is 6.55. The molecule has 6 nitrogen and oxygen atoms in total. The Balaban J connectivity index is 1.58. The molecular formula is C13H16N2O4. The van der Waals surface area contributed by atoms with Crippen molar-refractivity contribution in [3.8, 4) is 0 Å². The van der Waals surface area contributed by atoms with Gasteiger partial charge in [0.25, 0.3) is 5.91 Å². The van der Waals surface area contributed by atoms with Crippen molar-refractivity contribution in [2.75, 3.05) is 13.1 Å². The van der Waals surface area contributed by atoms with E-state index in [1.165, 1.54) is 0 Å². The molecule has 2 aliphatic rings. The van der Waals surface area contributed by atoms with E-state index in [1.54, 1.807) is 17.9 Å². The number of nitrogens with zero attached hydrogens (tertiary/aromatic N) is 2. The molecule has 3 rings (SSSR count). The molecule has 1 aliphatic carbocycles. The van der Waals surface area contributed by atoms with E-state index in [0.717, 1.165) is 18.6 Å². The SMILES string of the molecule is CC(C(=O)O)C1CN(C(=O)c2cc(C3CC3)on2)C1. The first-order chi connectivity index (χ1) is 9.06. The Kier molecular flexibility index (Phi) is 2.80. The monoisotopic (exact) mass is 264 g/mol. The lowest BCUT2D eigenvalue weighted by Gasteiger charge is -2.40. The van der Waals surface area contributed by atoms with Crippen LogP contribution in [0.3, 0.4) is 0 Å². The summed E-state index contributed by atoms with van der Waals surface area (Å²) in [5, 5.41) is 12.7. The van der Waals surface area contributed by atoms with Crippen molar-refractivity contribution in [1.29, 1.82) is 0 Å². The molecule has 6 heteroatoms. The van der Waals surface area contributed by atoms with E-state index in [-0.39, 0.29) is 11.8 Å². The molecule has 1 atom stereocenters. The molecule has 19 heavy (non-hydrogen) atoms. The molecule has 1 aromatic rings. The molecule has 0 radical (unpaired) electrons. The number of aliphatic carboxylic acids is 1. The molecule has 1 saturated carbocycles. The summed E-state index contributed by atoms with van der Waals surface area (Å²) < 4.78 is 5.15. The van der Waals surface area contributed by atoms with Crippen LogP contribution < -0.4 is 0 Å². The largest absolute Gasteiger partial charge is 0.481 e. The Morgan fingerprint density at radius 2 is 2.16 bits per heavy atom. The molecule has 2 heterocycles. The van der Waals surface area contributed by atoms with Crippen LogP contribution in [0.5, 0.6) is 0 Å². The summed E-state index contributed by atoms with van der Waals surface area (Å²) in [6, 6.07) is 1.72. The highest BCUT2D eigenvalue weighted by atomic mass is 16.5. The fourth-order valence-corrected chi connectivity index (χ4v) is 2.31. The van der Waals surface area contributed by atoms with Crippen molar-refractivity contribution in [3.63, 3.8) is 0 Å². The molecule has 1 aromatic heterocycles. The van der Waals surface area contributed by atoms with Crippen molar-refractivity contribution in [2.45, 2.75) is 25.7 Å². The Morgan fingerprint density at radius 1 is 1.47 bits per heavy atom. The van der Waals surface area contributed by atoms with Gasteiger partial charge in [-0.1, -0.05) is 12.1 Å². The zero-order chi connectivity index (χ0) is 13.6. The van der Waals surface area contributed by atoms with Gasteiger partial charge in [0, 0.05) is 31.0 Å². The van der Waals surface area contributed by atoms with Crippen molar-refractivity contribution in [2.24, 2.45) is 11.8 Å². The quantitative estimate of drug-likeness (QED) is 0.887. The predicted octanol–water partition coefficient (Wildman–Crippen LogP) is 1.34. The van der Waals surface area contributed by atoms with Crippen LogP contribution in [0, 0.1) is 11.8 Å². The summed E-state index contributed by atoms with van der Waals surface area (Å²) in [4.78, 5) is 24.5. The van der Waals surface area contributed by atoms with Gasteiger partial charge in [-0.05, 0) is 12.8 Å². The third kappa shape index (κ3) is 2.22. The van der Waals surface area contributed by atoms with Crippen LogP contribution in [-0.4, -0.2) is 40.1 Å². The summed E-state index contributed by atoms with van der Waals surface area (Å²) in [6.45, 7) is 2.64. The molecule has 1 saturated heterocycles. The highest BCUT2D eigenvalue weighted by Gasteiger charge is 2.38. The Bertz CT molecular complexity index is 514. The number of rotatable bonds is 4. The third-order valence-corrected chi connectivity index (χ3v) is 4.02. The van der Waals surface area contributed by atoms with Gasteiger partial charge in [-0.15, -0.1) is 0 Å². The Hall–Kier alpha value is -1.85. The second-order valence-electron chi connectivity index (χ2n) is 5.49. The number of carbonyl (C=O) groups is 2. The predicted molar refractivity (Wildman–Crippen MR) is 64.7 cm³/mol. The molecule has 1 amide bonds. The number of aromatic nitrogens is 1. The number of carbonyl (C=O) groups excluding carboxylic acids is 1. The fourth-order valence-electron chi connectivity index (χ4n) is 2.31. The minimum absolute atomic E-state index is 0.0382. The summed E-state index contributed by atoms with van der Waals surface area (Å²) in [5.41, 5.74) is 0.336. The van der Waals surface area contributed by atoms with E-state index in [9.17, 15) is 9.59 Å². The maximum absolute atomic E-state index is 12.1. The molecule has 0 bridgehead atoms. The van der Waals surface area contributed by atoms with Gasteiger partial charge in [-0.25, -0.2) is 0 Å². The van der Waals surface area contributed by atoms with E-state index in [0.29, 0.717) is 24.7 Å². The van der Waals surface area contributed by atoms with Gasteiger partial charge in [0.2, 0.25) is 0 Å². The van der Waals surface area contributed by atoms with Crippen LogP contribution in [0.1, 0.15) is 41.9 Å². The second kappa shape index (κ2) is 4.36. The molecule has 1 unspecified atom stereocenters. The summed E-state index contributed by atoms with van der Waals surface area (Å²) in [5.74, 6) is -0.122. The van der Waals surface area contributed by atoms with Crippen molar-refractivity contribution in [1.82, 2.24) is 10.1 Å². The first kappa shape index (κ1) is 12.2. The molecule has 102 valence electrons. The van der Waals surface area contributed by atoms with Gasteiger partial charge >= 0.3 is 5.97 Å². The highest BCUT2D eigenvalue weighted by Crippen LogP contribution is 2.40. The lowest BCUT2D eigenvalue weighted by atomic mass is 9.87. The van der Waals surface area contributed by atoms with E-state index in [1.807, 2.05) is 0 Å². The number of carboxylic acid groups (broad SMARTS) is 1. The third-order valence-electron chi connectivity index (χ3n) is 4.02. The van der Waals surface area contributed by atoms with Crippen LogP contribution in [0.15, 0.2) is 10.6 Å². The maximum Gasteiger partial charge on any atom is 0.306 e. The zero-order valence-corrected chi connectivity index (χ0v) is 10.7. The first-order valence-electron chi connectivity index (χ1n) is 6.55. The standard InChI is InChI=1S/C13H16N2O4/c1-7(13(17)18)9-5-15(6-9)12(16)10-4-11(19-14-10)8-2-3-8/h4,7-9H,2-3,5-6H2,1H3,(H,17,18). The van der Waals surface area contributed by atoms with Gasteiger partial charge in [0.15, 0.2) is 5.69 Å². The normalized spacial score (nSPS) is 21.0. The van der Waals surface area contributed by atoms with E-state index >= 15 is 0 Å². The zero-order valence-electron chi connectivity index (χ0n) is 10.7. The second-order valence-corrected chi connectivity index (χ2v) is 5.49. The van der Waals surface area contributed by atoms with Gasteiger partial charge in [-0.3, -0.25) is 9.59 Å². The average Bonchev–Trinajstić information content (AvgIpc) is 3.04. The van der Waals surface area contributed by atoms with Crippen LogP contribution in [0.25, 0.3) is 0 Å². The summed E-state index contributed by atoms with van der Waals surface area (Å²) >= 11 is 0. The maximum atomic E-state index is 12.1. The number of hydrogen-bond acceptors (Lipinski definition) is 4. The average molecular weight is 264 g/mol. The number of amides is 1. The van der Waals surface area contributed by atoms with Gasteiger partial charge < -0.3 is 14.5 Å². The van der Waals surface area contributed by atoms with Crippen molar-refractivity contribution in [3.05, 3.63) is 17.5 Å². The fraction of sp³-hybridized carbons (Fsp3) is 0.615. The Morgan fingerprint density at radius 3 is 2.74 bits per heavy atom. The minimum atomic E-state index is -0.811. The van der Waals surface area contributed by atoms with Gasteiger partial charge in [0.1, 0.15) is 5.76 Å². The van der Waals surface area contributed by atoms with E-state index < -0.39 is 11.9 Å². The van der Waals surface area contributed by atoms with Crippen LogP contribution in [0.2, 0.25) is 0 Å². The lowest BCUT2D eigenvalue weighted by Crippen LogP contribution is -2.53. The van der Waals surface area contributed by atoms with Gasteiger partial charge in [0.05, 0.1) is 5.92 Å². The van der Waals surface area contributed by atoms with Gasteiger partial charge in [-0.2, -0.15) is 0 Å². The number of likely N-dealkylation sites (tertiary alicyclic amines) is 1.